The van der Waals surface area contributed by atoms with E-state index in [9.17, 15) is 16.8 Å². The van der Waals surface area contributed by atoms with Gasteiger partial charge in [0.05, 0.1) is 12.0 Å². The molecule has 0 fully saturated rings. The first kappa shape index (κ1) is 20.9. The number of ether oxygens (including phenoxy) is 1. The van der Waals surface area contributed by atoms with Gasteiger partial charge in [-0.2, -0.15) is 0 Å². The average molecular weight is 397 g/mol. The molecule has 0 unspecified atom stereocenters. The molecule has 1 aromatic rings. The molecule has 0 aliphatic carbocycles. The van der Waals surface area contributed by atoms with Crippen molar-refractivity contribution in [2.45, 2.75) is 16.2 Å². The molecule has 136 valence electrons. The minimum atomic E-state index is -3.89. The first-order chi connectivity index (χ1) is 10.7. The number of rotatable bonds is 6. The summed E-state index contributed by atoms with van der Waals surface area (Å²) in [5, 5.41) is 3.15. The van der Waals surface area contributed by atoms with Crippen molar-refractivity contribution >= 4 is 32.3 Å². The molecule has 0 aromatic heterocycles. The van der Waals surface area contributed by atoms with Gasteiger partial charge in [0.25, 0.3) is 0 Å². The van der Waals surface area contributed by atoms with Crippen LogP contribution in [0.25, 0.3) is 0 Å². The topological polar surface area (TPSA) is 102 Å². The van der Waals surface area contributed by atoms with Gasteiger partial charge in [0.2, 0.25) is 10.0 Å². The number of hydrogen-bond acceptors (Lipinski definition) is 6. The smallest absolute Gasteiger partial charge is 0.244 e. The summed E-state index contributed by atoms with van der Waals surface area (Å²) in [7, 11) is -6.06. The second-order valence-electron chi connectivity index (χ2n) is 5.23. The van der Waals surface area contributed by atoms with Crippen LogP contribution in [-0.2, 0) is 19.9 Å². The maximum absolute atomic E-state index is 12.5. The lowest BCUT2D eigenvalue weighted by molar-refractivity contribution is 0.401. The second-order valence-corrected chi connectivity index (χ2v) is 8.98. The highest BCUT2D eigenvalue weighted by Crippen LogP contribution is 2.26. The summed E-state index contributed by atoms with van der Waals surface area (Å²) in [4.78, 5) is -0.253. The van der Waals surface area contributed by atoms with Gasteiger partial charge in [-0.25, -0.2) is 21.6 Å². The van der Waals surface area contributed by atoms with Crippen molar-refractivity contribution < 1.29 is 21.6 Å². The predicted molar refractivity (Wildman–Crippen MR) is 94.1 cm³/mol. The van der Waals surface area contributed by atoms with Gasteiger partial charge >= 0.3 is 0 Å². The van der Waals surface area contributed by atoms with Crippen molar-refractivity contribution in [2.75, 3.05) is 33.0 Å². The first-order valence-electron chi connectivity index (χ1n) is 7.00. The van der Waals surface area contributed by atoms with Gasteiger partial charge in [-0.15, -0.1) is 12.4 Å². The number of halogens is 1. The van der Waals surface area contributed by atoms with Gasteiger partial charge in [-0.05, 0) is 31.2 Å². The average Bonchev–Trinajstić information content (AvgIpc) is 2.52. The normalized spacial score (nSPS) is 15.3. The van der Waals surface area contributed by atoms with Crippen LogP contribution in [0.1, 0.15) is 6.42 Å². The Morgan fingerprint density at radius 1 is 1.25 bits per heavy atom. The Hall–Kier alpha value is -1.13. The maximum atomic E-state index is 12.5. The molecule has 0 radical (unpaired) electrons. The van der Waals surface area contributed by atoms with E-state index in [2.05, 4.69) is 10.0 Å². The third-order valence-electron chi connectivity index (χ3n) is 3.50. The largest absolute Gasteiger partial charge is 0.495 e. The summed E-state index contributed by atoms with van der Waals surface area (Å²) in [5.41, 5.74) is 0.991. The van der Waals surface area contributed by atoms with E-state index in [1.807, 2.05) is 6.08 Å². The van der Waals surface area contributed by atoms with Crippen molar-refractivity contribution in [1.82, 2.24) is 10.0 Å². The van der Waals surface area contributed by atoms with E-state index in [0.29, 0.717) is 6.54 Å². The molecule has 2 N–H and O–H groups in total. The van der Waals surface area contributed by atoms with E-state index < -0.39 is 19.9 Å². The standard InChI is InChI=1S/C14H20N2O5S2.ClH/c1-21-13-4-3-12(22(2,17)18)9-14(13)23(19,20)16-10-11-5-7-15-8-6-11;/h3-5,9,15-16H,6-8,10H2,1-2H3;1H. The van der Waals surface area contributed by atoms with E-state index in [0.717, 1.165) is 30.9 Å². The number of hydrogen-bond donors (Lipinski definition) is 2. The first-order valence-corrected chi connectivity index (χ1v) is 10.4. The Morgan fingerprint density at radius 2 is 1.96 bits per heavy atom. The van der Waals surface area contributed by atoms with Crippen LogP contribution in [0.4, 0.5) is 0 Å². The Kier molecular flexibility index (Phi) is 7.24. The van der Waals surface area contributed by atoms with Gasteiger partial charge in [-0.3, -0.25) is 0 Å². The zero-order valence-electron chi connectivity index (χ0n) is 13.4. The molecule has 7 nitrogen and oxygen atoms in total. The van der Waals surface area contributed by atoms with E-state index in [-0.39, 0.29) is 34.5 Å². The Morgan fingerprint density at radius 3 is 2.50 bits per heavy atom. The van der Waals surface area contributed by atoms with E-state index in [4.69, 9.17) is 4.74 Å². The minimum Gasteiger partial charge on any atom is -0.495 e. The van der Waals surface area contributed by atoms with Crippen LogP contribution in [0.2, 0.25) is 0 Å². The molecule has 2 rings (SSSR count). The van der Waals surface area contributed by atoms with Crippen LogP contribution >= 0.6 is 12.4 Å². The van der Waals surface area contributed by atoms with Crippen molar-refractivity contribution in [2.24, 2.45) is 0 Å². The molecule has 24 heavy (non-hydrogen) atoms. The molecule has 1 aliphatic heterocycles. The van der Waals surface area contributed by atoms with Gasteiger partial charge in [0.15, 0.2) is 9.84 Å². The van der Waals surface area contributed by atoms with Crippen LogP contribution in [0.15, 0.2) is 39.6 Å². The summed E-state index contributed by atoms with van der Waals surface area (Å²) in [5.74, 6) is 0.101. The Labute approximate surface area is 148 Å². The predicted octanol–water partition coefficient (Wildman–Crippen LogP) is 0.719. The molecule has 0 bridgehead atoms. The van der Waals surface area contributed by atoms with Crippen LogP contribution in [0.5, 0.6) is 5.75 Å². The quantitative estimate of drug-likeness (QED) is 0.687. The summed E-state index contributed by atoms with van der Waals surface area (Å²) < 4.78 is 55.9. The lowest BCUT2D eigenvalue weighted by Crippen LogP contribution is -2.30. The van der Waals surface area contributed by atoms with E-state index in [1.165, 1.54) is 19.2 Å². The fourth-order valence-electron chi connectivity index (χ4n) is 2.19. The molecule has 0 atom stereocenters. The lowest BCUT2D eigenvalue weighted by Gasteiger charge is -2.16. The van der Waals surface area contributed by atoms with Crippen LogP contribution in [0.3, 0.4) is 0 Å². The molecule has 1 heterocycles. The van der Waals surface area contributed by atoms with Crippen molar-refractivity contribution in [3.8, 4) is 5.75 Å². The van der Waals surface area contributed by atoms with Gasteiger partial charge in [0.1, 0.15) is 10.6 Å². The highest BCUT2D eigenvalue weighted by molar-refractivity contribution is 7.91. The molecular weight excluding hydrogens is 376 g/mol. The summed E-state index contributed by atoms with van der Waals surface area (Å²) in [6.45, 7) is 1.71. The van der Waals surface area contributed by atoms with Gasteiger partial charge < -0.3 is 10.1 Å². The third-order valence-corrected chi connectivity index (χ3v) is 6.03. The van der Waals surface area contributed by atoms with E-state index >= 15 is 0 Å². The third kappa shape index (κ3) is 5.18. The summed E-state index contributed by atoms with van der Waals surface area (Å²) >= 11 is 0. The zero-order chi connectivity index (χ0) is 17.1. The number of sulfone groups is 1. The summed E-state index contributed by atoms with van der Waals surface area (Å²) in [6.07, 6.45) is 3.73. The monoisotopic (exact) mass is 396 g/mol. The Bertz CT molecular complexity index is 820. The molecule has 0 spiro atoms. The lowest BCUT2D eigenvalue weighted by atomic mass is 10.1. The number of benzene rings is 1. The molecule has 10 heteroatoms. The molecule has 0 amide bonds. The zero-order valence-corrected chi connectivity index (χ0v) is 15.9. The Balaban J connectivity index is 0.00000288. The molecule has 1 aromatic carbocycles. The molecule has 1 aliphatic rings. The maximum Gasteiger partial charge on any atom is 0.244 e. The van der Waals surface area contributed by atoms with E-state index in [1.54, 1.807) is 0 Å². The van der Waals surface area contributed by atoms with Crippen LogP contribution in [0, 0.1) is 0 Å². The van der Waals surface area contributed by atoms with Gasteiger partial charge in [-0.1, -0.05) is 11.6 Å². The van der Waals surface area contributed by atoms with Crippen molar-refractivity contribution in [3.05, 3.63) is 29.8 Å². The van der Waals surface area contributed by atoms with Crippen molar-refractivity contribution in [1.29, 1.82) is 0 Å². The molecular formula is C14H21ClN2O5S2. The SMILES string of the molecule is COc1ccc(S(C)(=O)=O)cc1S(=O)(=O)NCC1=CCNCC1.Cl. The minimum absolute atomic E-state index is 0. The highest BCUT2D eigenvalue weighted by Gasteiger charge is 2.22. The van der Waals surface area contributed by atoms with Gasteiger partial charge in [0, 0.05) is 19.3 Å². The number of methoxy groups -OCH3 is 1. The second kappa shape index (κ2) is 8.30. The highest BCUT2D eigenvalue weighted by atomic mass is 35.5. The summed E-state index contributed by atoms with van der Waals surface area (Å²) in [6, 6.07) is 3.78. The molecule has 0 saturated carbocycles. The van der Waals surface area contributed by atoms with Crippen LogP contribution < -0.4 is 14.8 Å². The fourth-order valence-corrected chi connectivity index (χ4v) is 4.14. The van der Waals surface area contributed by atoms with Crippen molar-refractivity contribution in [3.63, 3.8) is 0 Å². The van der Waals surface area contributed by atoms with Crippen LogP contribution in [-0.4, -0.2) is 49.8 Å². The molecule has 0 saturated heterocycles. The fraction of sp³-hybridized carbons (Fsp3) is 0.429. The number of nitrogens with one attached hydrogen (secondary N) is 2. The number of sulfonamides is 1.